The van der Waals surface area contributed by atoms with Gasteiger partial charge in [0, 0.05) is 35.0 Å². The molecule has 256 valence electrons. The van der Waals surface area contributed by atoms with Crippen LogP contribution in [0.1, 0.15) is 89.5 Å². The summed E-state index contributed by atoms with van der Waals surface area (Å²) in [6.45, 7) is 17.8. The second-order valence-electron chi connectivity index (χ2n) is 14.6. The Hall–Kier alpha value is -4.47. The van der Waals surface area contributed by atoms with E-state index >= 15 is 0 Å². The second kappa shape index (κ2) is 14.0. The third-order valence-corrected chi connectivity index (χ3v) is 9.41. The van der Waals surface area contributed by atoms with Crippen LogP contribution in [-0.4, -0.2) is 19.3 Å². The first kappa shape index (κ1) is 35.4. The zero-order chi connectivity index (χ0) is 34.4. The Labute approximate surface area is 310 Å². The SMILES string of the molecule is CCc1ccnc(-n2c3[c-]c(Oc4[c-]c(-n5cc(-c6c(C(C)C)cccc6C(C)C)cn5)cc(C(C)(C)C)c4)ccc3c3ccccc32)c1.[Pt+2]. The minimum Gasteiger partial charge on any atom is -0.509 e. The molecule has 6 heteroatoms. The van der Waals surface area contributed by atoms with Crippen molar-refractivity contribution in [3.8, 4) is 34.1 Å². The largest absolute Gasteiger partial charge is 2.00 e. The number of hydrogen-bond acceptors (Lipinski definition) is 3. The van der Waals surface area contributed by atoms with Crippen LogP contribution in [0.4, 0.5) is 0 Å². The summed E-state index contributed by atoms with van der Waals surface area (Å²) in [5, 5.41) is 7.13. The van der Waals surface area contributed by atoms with Crippen LogP contribution < -0.4 is 4.74 Å². The Balaban J connectivity index is 0.00000432. The van der Waals surface area contributed by atoms with E-state index in [-0.39, 0.29) is 26.5 Å². The van der Waals surface area contributed by atoms with Crippen LogP contribution in [-0.2, 0) is 32.9 Å². The van der Waals surface area contributed by atoms with Crippen molar-refractivity contribution in [3.63, 3.8) is 0 Å². The summed E-state index contributed by atoms with van der Waals surface area (Å²) in [5.74, 6) is 2.90. The molecular weight excluding hydrogens is 796 g/mol. The number of nitrogens with zero attached hydrogens (tertiary/aromatic N) is 4. The number of pyridine rings is 1. The van der Waals surface area contributed by atoms with Crippen LogP contribution in [0, 0.1) is 12.1 Å². The number of aryl methyl sites for hydroxylation is 1. The van der Waals surface area contributed by atoms with Crippen molar-refractivity contribution in [2.75, 3.05) is 0 Å². The van der Waals surface area contributed by atoms with Gasteiger partial charge < -0.3 is 9.30 Å². The van der Waals surface area contributed by atoms with E-state index in [4.69, 9.17) is 14.8 Å². The molecule has 50 heavy (non-hydrogen) atoms. The van der Waals surface area contributed by atoms with Crippen molar-refractivity contribution in [1.82, 2.24) is 19.3 Å². The van der Waals surface area contributed by atoms with Crippen molar-refractivity contribution in [3.05, 3.63) is 132 Å². The summed E-state index contributed by atoms with van der Waals surface area (Å²) in [6, 6.07) is 34.8. The van der Waals surface area contributed by atoms with Crippen molar-refractivity contribution in [1.29, 1.82) is 0 Å². The first-order chi connectivity index (χ1) is 23.5. The Bertz CT molecular complexity index is 2280. The molecule has 0 fully saturated rings. The molecular formula is C44H44N4OPt. The second-order valence-corrected chi connectivity index (χ2v) is 14.6. The maximum Gasteiger partial charge on any atom is 2.00 e. The molecule has 0 bridgehead atoms. The van der Waals surface area contributed by atoms with E-state index in [1.165, 1.54) is 22.3 Å². The molecule has 0 radical (unpaired) electrons. The van der Waals surface area contributed by atoms with Crippen LogP contribution >= 0.6 is 0 Å². The maximum absolute atomic E-state index is 6.62. The molecule has 0 saturated heterocycles. The molecule has 7 rings (SSSR count). The average Bonchev–Trinajstić information content (AvgIpc) is 3.70. The Morgan fingerprint density at radius 3 is 2.24 bits per heavy atom. The Morgan fingerprint density at radius 2 is 1.54 bits per heavy atom. The smallest absolute Gasteiger partial charge is 0.509 e. The van der Waals surface area contributed by atoms with Crippen molar-refractivity contribution in [2.24, 2.45) is 0 Å². The number of aromatic nitrogens is 4. The number of benzene rings is 4. The number of para-hydroxylation sites is 1. The normalized spacial score (nSPS) is 11.9. The van der Waals surface area contributed by atoms with Crippen molar-refractivity contribution < 1.29 is 25.8 Å². The molecule has 0 aliphatic rings. The molecule has 5 nitrogen and oxygen atoms in total. The molecule has 0 aliphatic carbocycles. The number of hydrogen-bond donors (Lipinski definition) is 0. The van der Waals surface area contributed by atoms with E-state index in [9.17, 15) is 0 Å². The third-order valence-electron chi connectivity index (χ3n) is 9.41. The van der Waals surface area contributed by atoms with E-state index in [1.54, 1.807) is 0 Å². The first-order valence-electron chi connectivity index (χ1n) is 17.4. The molecule has 0 atom stereocenters. The van der Waals surface area contributed by atoms with Gasteiger partial charge in [0.1, 0.15) is 5.82 Å². The minimum absolute atomic E-state index is 0. The van der Waals surface area contributed by atoms with Crippen molar-refractivity contribution in [2.45, 2.75) is 79.1 Å². The Morgan fingerprint density at radius 1 is 0.800 bits per heavy atom. The molecule has 0 aliphatic heterocycles. The van der Waals surface area contributed by atoms with Gasteiger partial charge in [-0.1, -0.05) is 97.3 Å². The number of ether oxygens (including phenoxy) is 1. The monoisotopic (exact) mass is 839 g/mol. The van der Waals surface area contributed by atoms with Gasteiger partial charge in [-0.2, -0.15) is 11.2 Å². The van der Waals surface area contributed by atoms with Gasteiger partial charge in [0.05, 0.1) is 6.20 Å². The van der Waals surface area contributed by atoms with Crippen LogP contribution in [0.3, 0.4) is 0 Å². The van der Waals surface area contributed by atoms with Gasteiger partial charge in [-0.15, -0.1) is 41.3 Å². The minimum atomic E-state index is -0.122. The predicted molar refractivity (Wildman–Crippen MR) is 202 cm³/mol. The van der Waals surface area contributed by atoms with Gasteiger partial charge in [-0.3, -0.25) is 4.68 Å². The maximum atomic E-state index is 6.62. The summed E-state index contributed by atoms with van der Waals surface area (Å²) in [6.07, 6.45) is 6.93. The molecule has 0 amide bonds. The molecule has 4 aromatic carbocycles. The van der Waals surface area contributed by atoms with Crippen molar-refractivity contribution >= 4 is 21.8 Å². The van der Waals surface area contributed by atoms with Gasteiger partial charge in [0.15, 0.2) is 0 Å². The van der Waals surface area contributed by atoms with E-state index in [2.05, 4.69) is 151 Å². The van der Waals surface area contributed by atoms with Crippen LogP contribution in [0.2, 0.25) is 0 Å². The fourth-order valence-electron chi connectivity index (χ4n) is 6.70. The Kier molecular flexibility index (Phi) is 9.93. The molecule has 0 spiro atoms. The summed E-state index contributed by atoms with van der Waals surface area (Å²) in [4.78, 5) is 4.77. The molecule has 3 aromatic heterocycles. The van der Waals surface area contributed by atoms with Gasteiger partial charge in [-0.05, 0) is 75.2 Å². The van der Waals surface area contributed by atoms with Gasteiger partial charge in [0.25, 0.3) is 0 Å². The fraction of sp³-hybridized carbons (Fsp3) is 0.273. The fourth-order valence-corrected chi connectivity index (χ4v) is 6.70. The van der Waals surface area contributed by atoms with E-state index < -0.39 is 0 Å². The van der Waals surface area contributed by atoms with Gasteiger partial charge in [0.2, 0.25) is 0 Å². The number of fused-ring (bicyclic) bond motifs is 3. The van der Waals surface area contributed by atoms with E-state index in [0.717, 1.165) is 50.9 Å². The predicted octanol–water partition coefficient (Wildman–Crippen LogP) is 11.5. The number of rotatable bonds is 8. The van der Waals surface area contributed by atoms with E-state index in [0.29, 0.717) is 23.3 Å². The molecule has 0 unspecified atom stereocenters. The molecule has 0 saturated carbocycles. The summed E-state index contributed by atoms with van der Waals surface area (Å²) < 4.78 is 10.7. The van der Waals surface area contributed by atoms with Crippen LogP contribution in [0.5, 0.6) is 11.5 Å². The topological polar surface area (TPSA) is 44.9 Å². The molecule has 7 aromatic rings. The third kappa shape index (κ3) is 6.68. The zero-order valence-corrected chi connectivity index (χ0v) is 32.4. The summed E-state index contributed by atoms with van der Waals surface area (Å²) in [7, 11) is 0. The van der Waals surface area contributed by atoms with Crippen LogP contribution in [0.25, 0.3) is 44.4 Å². The quantitative estimate of drug-likeness (QED) is 0.143. The first-order valence-corrected chi connectivity index (χ1v) is 17.4. The van der Waals surface area contributed by atoms with E-state index in [1.807, 2.05) is 23.1 Å². The molecule has 3 heterocycles. The van der Waals surface area contributed by atoms with Crippen LogP contribution in [0.15, 0.2) is 97.5 Å². The summed E-state index contributed by atoms with van der Waals surface area (Å²) >= 11 is 0. The zero-order valence-electron chi connectivity index (χ0n) is 30.1. The summed E-state index contributed by atoms with van der Waals surface area (Å²) in [5.41, 5.74) is 10.1. The standard InChI is InChI=1S/C44H44N4O.Pt/c1-9-30-19-20-45-42(21-30)48-40-16-11-10-13-38(40)39-18-17-34(25-41(39)48)49-35-23-32(44(6,7)8)22-33(24-35)47-27-31(26-46-47)43-36(28(2)3)14-12-15-37(43)29(4)5;/h10-23,26-29H,9H2,1-8H3;/q-2;+2. The molecule has 0 N–H and O–H groups in total. The van der Waals surface area contributed by atoms with Gasteiger partial charge in [-0.25, -0.2) is 4.98 Å². The van der Waals surface area contributed by atoms with Gasteiger partial charge >= 0.3 is 21.1 Å². The average molecular weight is 840 g/mol.